The van der Waals surface area contributed by atoms with E-state index in [1.54, 1.807) is 0 Å². The summed E-state index contributed by atoms with van der Waals surface area (Å²) in [7, 11) is 0. The molecule has 0 saturated carbocycles. The molecule has 3 N–H and O–H groups in total. The molecule has 0 aromatic heterocycles. The van der Waals surface area contributed by atoms with Gasteiger partial charge < -0.3 is 15.8 Å². The fourth-order valence-electron chi connectivity index (χ4n) is 1.61. The lowest BCUT2D eigenvalue weighted by Gasteiger charge is -2.18. The monoisotopic (exact) mass is 212 g/mol. The Morgan fingerprint density at radius 1 is 1.40 bits per heavy atom. The maximum Gasteiger partial charge on any atom is 0.407 e. The highest BCUT2D eigenvalue weighted by atomic mass is 16.6. The second-order valence-corrected chi connectivity index (χ2v) is 3.72. The second kappa shape index (κ2) is 7.29. The quantitative estimate of drug-likeness (QED) is 0.698. The van der Waals surface area contributed by atoms with Crippen LogP contribution in [0.3, 0.4) is 0 Å². The van der Waals surface area contributed by atoms with Crippen molar-refractivity contribution in [3.05, 3.63) is 12.2 Å². The largest absolute Gasteiger partial charge is 0.446 e. The number of hydrogen-bond donors (Lipinski definition) is 2. The lowest BCUT2D eigenvalue weighted by atomic mass is 10.0. The van der Waals surface area contributed by atoms with Crippen molar-refractivity contribution in [1.29, 1.82) is 0 Å². The van der Waals surface area contributed by atoms with Crippen LogP contribution in [0.15, 0.2) is 12.2 Å². The van der Waals surface area contributed by atoms with Crippen LogP contribution in [0.5, 0.6) is 0 Å². The van der Waals surface area contributed by atoms with Gasteiger partial charge in [0.05, 0.1) is 0 Å². The van der Waals surface area contributed by atoms with E-state index in [1.807, 2.05) is 0 Å². The molecule has 1 aliphatic carbocycles. The lowest BCUT2D eigenvalue weighted by molar-refractivity contribution is 0.0866. The van der Waals surface area contributed by atoms with Crippen LogP contribution >= 0.6 is 0 Å². The number of ether oxygens (including phenoxy) is 1. The van der Waals surface area contributed by atoms with E-state index in [1.165, 1.54) is 0 Å². The van der Waals surface area contributed by atoms with Gasteiger partial charge in [0.1, 0.15) is 6.10 Å². The summed E-state index contributed by atoms with van der Waals surface area (Å²) < 4.78 is 5.29. The van der Waals surface area contributed by atoms with E-state index in [0.29, 0.717) is 13.1 Å². The van der Waals surface area contributed by atoms with Crippen LogP contribution in [0.2, 0.25) is 0 Å². The molecule has 0 aromatic carbocycles. The molecule has 0 heterocycles. The summed E-state index contributed by atoms with van der Waals surface area (Å²) in [6.07, 6.45) is 9.14. The van der Waals surface area contributed by atoms with Crippen molar-refractivity contribution in [3.63, 3.8) is 0 Å². The molecule has 0 saturated heterocycles. The van der Waals surface area contributed by atoms with E-state index in [4.69, 9.17) is 10.5 Å². The van der Waals surface area contributed by atoms with Crippen molar-refractivity contribution in [2.45, 2.75) is 38.2 Å². The van der Waals surface area contributed by atoms with Gasteiger partial charge in [-0.3, -0.25) is 0 Å². The highest BCUT2D eigenvalue weighted by Crippen LogP contribution is 2.15. The van der Waals surface area contributed by atoms with E-state index in [-0.39, 0.29) is 12.2 Å². The van der Waals surface area contributed by atoms with E-state index in [9.17, 15) is 4.79 Å². The molecule has 0 aromatic rings. The maximum absolute atomic E-state index is 11.3. The zero-order chi connectivity index (χ0) is 10.9. The van der Waals surface area contributed by atoms with Gasteiger partial charge in [0.15, 0.2) is 0 Å². The average Bonchev–Trinajstić information content (AvgIpc) is 2.19. The Morgan fingerprint density at radius 2 is 2.20 bits per heavy atom. The molecule has 1 amide bonds. The molecule has 0 bridgehead atoms. The predicted molar refractivity (Wildman–Crippen MR) is 59.6 cm³/mol. The van der Waals surface area contributed by atoms with Gasteiger partial charge in [-0.15, -0.1) is 0 Å². The highest BCUT2D eigenvalue weighted by molar-refractivity contribution is 5.67. The Hall–Kier alpha value is -1.03. The standard InChI is InChI=1S/C11H20N2O2/c12-8-9-13-11(14)15-10-6-4-2-1-3-5-7-10/h1-2,10H,3-9,12H2,(H,13,14). The third-order valence-corrected chi connectivity index (χ3v) is 2.41. The zero-order valence-electron chi connectivity index (χ0n) is 9.08. The van der Waals surface area contributed by atoms with Crippen LogP contribution in [-0.2, 0) is 4.74 Å². The predicted octanol–water partition coefficient (Wildman–Crippen LogP) is 1.56. The fourth-order valence-corrected chi connectivity index (χ4v) is 1.61. The molecule has 1 rings (SSSR count). The van der Waals surface area contributed by atoms with E-state index in [2.05, 4.69) is 17.5 Å². The minimum Gasteiger partial charge on any atom is -0.446 e. The normalized spacial score (nSPS) is 21.5. The first kappa shape index (κ1) is 12.0. The maximum atomic E-state index is 11.3. The van der Waals surface area contributed by atoms with Gasteiger partial charge in [-0.2, -0.15) is 0 Å². The highest BCUT2D eigenvalue weighted by Gasteiger charge is 2.13. The number of amides is 1. The molecule has 0 radical (unpaired) electrons. The van der Waals surface area contributed by atoms with Gasteiger partial charge in [-0.05, 0) is 32.1 Å². The number of carbonyl (C=O) groups is 1. The Bertz CT molecular complexity index is 217. The van der Waals surface area contributed by atoms with Gasteiger partial charge in [0.2, 0.25) is 0 Å². The summed E-state index contributed by atoms with van der Waals surface area (Å²) in [5.74, 6) is 0. The van der Waals surface area contributed by atoms with Crippen molar-refractivity contribution in [3.8, 4) is 0 Å². The summed E-state index contributed by atoms with van der Waals surface area (Å²) in [6.45, 7) is 0.925. The third-order valence-electron chi connectivity index (χ3n) is 2.41. The molecule has 1 unspecified atom stereocenters. The number of alkyl carbamates (subject to hydrolysis) is 1. The molecule has 4 nitrogen and oxygen atoms in total. The van der Waals surface area contributed by atoms with Gasteiger partial charge in [0, 0.05) is 13.1 Å². The van der Waals surface area contributed by atoms with Crippen molar-refractivity contribution in [2.24, 2.45) is 5.73 Å². The summed E-state index contributed by atoms with van der Waals surface area (Å²) in [5, 5.41) is 2.61. The van der Waals surface area contributed by atoms with Gasteiger partial charge in [0.25, 0.3) is 0 Å². The fraction of sp³-hybridized carbons (Fsp3) is 0.727. The van der Waals surface area contributed by atoms with E-state index >= 15 is 0 Å². The average molecular weight is 212 g/mol. The number of nitrogens with one attached hydrogen (secondary N) is 1. The molecule has 0 aliphatic heterocycles. The molecule has 86 valence electrons. The van der Waals surface area contributed by atoms with Crippen LogP contribution in [0.1, 0.15) is 32.1 Å². The summed E-state index contributed by atoms with van der Waals surface area (Å²) >= 11 is 0. The molecular formula is C11H20N2O2. The Balaban J connectivity index is 2.23. The first-order chi connectivity index (χ1) is 7.33. The Labute approximate surface area is 90.9 Å². The molecule has 1 aliphatic rings. The number of hydrogen-bond acceptors (Lipinski definition) is 3. The van der Waals surface area contributed by atoms with E-state index in [0.717, 1.165) is 32.1 Å². The first-order valence-corrected chi connectivity index (χ1v) is 5.62. The molecular weight excluding hydrogens is 192 g/mol. The van der Waals surface area contributed by atoms with Crippen molar-refractivity contribution < 1.29 is 9.53 Å². The topological polar surface area (TPSA) is 64.3 Å². The molecule has 0 spiro atoms. The number of rotatable bonds is 3. The minimum atomic E-state index is -0.338. The summed E-state index contributed by atoms with van der Waals surface area (Å²) in [4.78, 5) is 11.3. The Kier molecular flexibility index (Phi) is 5.85. The van der Waals surface area contributed by atoms with Gasteiger partial charge >= 0.3 is 6.09 Å². The number of carbonyl (C=O) groups excluding carboxylic acids is 1. The van der Waals surface area contributed by atoms with Crippen LogP contribution in [0.25, 0.3) is 0 Å². The molecule has 15 heavy (non-hydrogen) atoms. The summed E-state index contributed by atoms with van der Waals surface area (Å²) in [6, 6.07) is 0. The second-order valence-electron chi connectivity index (χ2n) is 3.72. The molecule has 0 fully saturated rings. The third kappa shape index (κ3) is 5.42. The Morgan fingerprint density at radius 3 is 3.00 bits per heavy atom. The molecule has 1 atom stereocenters. The van der Waals surface area contributed by atoms with Gasteiger partial charge in [-0.25, -0.2) is 4.79 Å². The lowest BCUT2D eigenvalue weighted by Crippen LogP contribution is -2.32. The first-order valence-electron chi connectivity index (χ1n) is 5.62. The zero-order valence-corrected chi connectivity index (χ0v) is 9.08. The van der Waals surface area contributed by atoms with E-state index < -0.39 is 0 Å². The smallest absolute Gasteiger partial charge is 0.407 e. The number of nitrogens with two attached hydrogens (primary N) is 1. The van der Waals surface area contributed by atoms with Crippen molar-refractivity contribution in [2.75, 3.05) is 13.1 Å². The minimum absolute atomic E-state index is 0.0627. The van der Waals surface area contributed by atoms with Crippen LogP contribution < -0.4 is 11.1 Å². The molecule has 4 heteroatoms. The van der Waals surface area contributed by atoms with Crippen LogP contribution in [0, 0.1) is 0 Å². The number of allylic oxidation sites excluding steroid dienone is 2. The van der Waals surface area contributed by atoms with Crippen molar-refractivity contribution in [1.82, 2.24) is 5.32 Å². The van der Waals surface area contributed by atoms with Crippen molar-refractivity contribution >= 4 is 6.09 Å². The van der Waals surface area contributed by atoms with Crippen LogP contribution in [-0.4, -0.2) is 25.3 Å². The summed E-state index contributed by atoms with van der Waals surface area (Å²) in [5.41, 5.74) is 5.28. The van der Waals surface area contributed by atoms with Crippen LogP contribution in [0.4, 0.5) is 4.79 Å². The van der Waals surface area contributed by atoms with Gasteiger partial charge in [-0.1, -0.05) is 12.2 Å². The SMILES string of the molecule is NCCNC(=O)OC1CCC=CCCC1.